The molecule has 0 aliphatic heterocycles. The maximum Gasteiger partial charge on any atom is 0.313 e. The van der Waals surface area contributed by atoms with Gasteiger partial charge in [0, 0.05) is 0 Å². The van der Waals surface area contributed by atoms with Crippen LogP contribution in [0, 0.1) is 0 Å². The van der Waals surface area contributed by atoms with Gasteiger partial charge in [-0.1, -0.05) is 11.2 Å². The number of carbonyl (C=O) groups is 2. The molecule has 0 radical (unpaired) electrons. The summed E-state index contributed by atoms with van der Waals surface area (Å²) in [6.45, 7) is 0. The lowest BCUT2D eigenvalue weighted by atomic mass is 10.4. The highest BCUT2D eigenvalue weighted by atomic mass is 32.2. The minimum Gasteiger partial charge on any atom is -0.616 e. The highest BCUT2D eigenvalue weighted by Crippen LogP contribution is 2.09. The first kappa shape index (κ1) is 19.9. The molecule has 0 aromatic carbocycles. The van der Waals surface area contributed by atoms with Gasteiger partial charge in [-0.15, -0.1) is 0 Å². The van der Waals surface area contributed by atoms with Crippen molar-refractivity contribution in [2.24, 2.45) is 0 Å². The number of thioether (sulfide) groups is 2. The van der Waals surface area contributed by atoms with Crippen molar-refractivity contribution in [3.8, 4) is 0 Å². The van der Waals surface area contributed by atoms with E-state index in [-0.39, 0.29) is 11.5 Å². The van der Waals surface area contributed by atoms with Crippen LogP contribution >= 0.6 is 23.5 Å². The van der Waals surface area contributed by atoms with Gasteiger partial charge in [0.25, 0.3) is 0 Å². The number of carboxylic acid groups (broad SMARTS) is 2. The first-order valence-electron chi connectivity index (χ1n) is 6.46. The molecule has 0 amide bonds. The van der Waals surface area contributed by atoms with E-state index in [1.54, 1.807) is 0 Å². The maximum absolute atomic E-state index is 11.6. The summed E-state index contributed by atoms with van der Waals surface area (Å²) in [5.74, 6) is 1.64. The number of unbranched alkanes of at least 4 members (excludes halogenated alkanes) is 2. The van der Waals surface area contributed by atoms with E-state index in [1.807, 2.05) is 0 Å². The second kappa shape index (κ2) is 13.9. The predicted molar refractivity (Wildman–Crippen MR) is 86.3 cm³/mol. The van der Waals surface area contributed by atoms with Gasteiger partial charge < -0.3 is 14.8 Å². The third-order valence-corrected chi connectivity index (χ3v) is 5.82. The van der Waals surface area contributed by atoms with Gasteiger partial charge in [-0.3, -0.25) is 9.59 Å². The number of carboxylic acids is 2. The lowest BCUT2D eigenvalue weighted by Gasteiger charge is -2.10. The fourth-order valence-electron chi connectivity index (χ4n) is 1.36. The highest BCUT2D eigenvalue weighted by molar-refractivity contribution is 8.00. The molecule has 0 heterocycles. The molecule has 2 N–H and O–H groups in total. The second-order valence-corrected chi connectivity index (χ2v) is 8.06. The molecule has 0 fully saturated rings. The van der Waals surface area contributed by atoms with Crippen LogP contribution in [0.15, 0.2) is 0 Å². The van der Waals surface area contributed by atoms with E-state index in [4.69, 9.17) is 10.2 Å². The predicted octanol–water partition coefficient (Wildman–Crippen LogP) is 1.93. The second-order valence-electron chi connectivity index (χ2n) is 4.15. The molecule has 0 bridgehead atoms. The first-order valence-corrected chi connectivity index (χ1v) is 10.3. The number of hydrogen-bond acceptors (Lipinski definition) is 5. The normalized spacial score (nSPS) is 10.9. The monoisotopic (exact) mass is 342 g/mol. The van der Waals surface area contributed by atoms with Crippen molar-refractivity contribution in [1.82, 2.24) is 0 Å². The standard InChI is InChI=1S/C12H22O5S3/c13-11(14)9-18-5-1-3-7-20(17)8-4-2-6-19-10-12(15)16/h1-10H2,(H,13,14)(H,15,16). The molecule has 0 spiro atoms. The van der Waals surface area contributed by atoms with Crippen molar-refractivity contribution in [1.29, 1.82) is 0 Å². The van der Waals surface area contributed by atoms with E-state index in [2.05, 4.69) is 0 Å². The summed E-state index contributed by atoms with van der Waals surface area (Å²) in [6.07, 6.45) is 3.54. The fourth-order valence-corrected chi connectivity index (χ4v) is 4.07. The topological polar surface area (TPSA) is 97.7 Å². The Morgan fingerprint density at radius 1 is 0.850 bits per heavy atom. The summed E-state index contributed by atoms with van der Waals surface area (Å²) in [5.41, 5.74) is 0. The van der Waals surface area contributed by atoms with Gasteiger partial charge in [0.2, 0.25) is 0 Å². The van der Waals surface area contributed by atoms with Crippen LogP contribution in [-0.2, 0) is 20.8 Å². The largest absolute Gasteiger partial charge is 0.616 e. The van der Waals surface area contributed by atoms with Crippen LogP contribution in [0.5, 0.6) is 0 Å². The van der Waals surface area contributed by atoms with Crippen molar-refractivity contribution in [2.45, 2.75) is 25.7 Å². The van der Waals surface area contributed by atoms with Crippen molar-refractivity contribution < 1.29 is 24.4 Å². The number of rotatable bonds is 14. The Morgan fingerprint density at radius 2 is 1.25 bits per heavy atom. The zero-order valence-electron chi connectivity index (χ0n) is 11.4. The van der Waals surface area contributed by atoms with Crippen LogP contribution in [0.3, 0.4) is 0 Å². The van der Waals surface area contributed by atoms with E-state index in [9.17, 15) is 14.1 Å². The van der Waals surface area contributed by atoms with Gasteiger partial charge in [0.05, 0.1) is 11.5 Å². The molecule has 0 aromatic heterocycles. The smallest absolute Gasteiger partial charge is 0.313 e. The average molecular weight is 343 g/mol. The van der Waals surface area contributed by atoms with Gasteiger partial charge in [-0.2, -0.15) is 23.5 Å². The lowest BCUT2D eigenvalue weighted by molar-refractivity contribution is -0.134. The third kappa shape index (κ3) is 16.0. The van der Waals surface area contributed by atoms with E-state index in [0.717, 1.165) is 37.2 Å². The third-order valence-electron chi connectivity index (χ3n) is 2.27. The molecule has 0 atom stereocenters. The Morgan fingerprint density at radius 3 is 1.60 bits per heavy atom. The Hall–Kier alpha value is -0.0500. The van der Waals surface area contributed by atoms with Crippen LogP contribution in [0.25, 0.3) is 0 Å². The van der Waals surface area contributed by atoms with E-state index in [0.29, 0.717) is 11.5 Å². The molecular weight excluding hydrogens is 320 g/mol. The highest BCUT2D eigenvalue weighted by Gasteiger charge is 2.06. The molecular formula is C12H22O5S3. The van der Waals surface area contributed by atoms with E-state index >= 15 is 0 Å². The average Bonchev–Trinajstić information content (AvgIpc) is 2.37. The summed E-state index contributed by atoms with van der Waals surface area (Å²) < 4.78 is 11.6. The molecule has 0 aliphatic rings. The van der Waals surface area contributed by atoms with Crippen LogP contribution in [0.1, 0.15) is 25.7 Å². The summed E-state index contributed by atoms with van der Waals surface area (Å²) in [7, 11) is 0. The molecule has 0 saturated heterocycles. The fraction of sp³-hybridized carbons (Fsp3) is 0.833. The van der Waals surface area contributed by atoms with Crippen LogP contribution < -0.4 is 0 Å². The van der Waals surface area contributed by atoms with Crippen LogP contribution in [0.4, 0.5) is 0 Å². The summed E-state index contributed by atoms with van der Waals surface area (Å²) in [6, 6.07) is 0. The molecule has 0 aliphatic carbocycles. The molecule has 118 valence electrons. The maximum atomic E-state index is 11.6. The van der Waals surface area contributed by atoms with Gasteiger partial charge in [0.15, 0.2) is 0 Å². The molecule has 0 unspecified atom stereocenters. The van der Waals surface area contributed by atoms with E-state index in [1.165, 1.54) is 23.5 Å². The van der Waals surface area contributed by atoms with Gasteiger partial charge in [0.1, 0.15) is 11.5 Å². The van der Waals surface area contributed by atoms with Gasteiger partial charge in [-0.05, 0) is 37.2 Å². The Balaban J connectivity index is 3.22. The van der Waals surface area contributed by atoms with Crippen molar-refractivity contribution in [3.63, 3.8) is 0 Å². The summed E-state index contributed by atoms with van der Waals surface area (Å²) in [4.78, 5) is 20.5. The van der Waals surface area contributed by atoms with Gasteiger partial charge >= 0.3 is 11.9 Å². The molecule has 0 aromatic rings. The van der Waals surface area contributed by atoms with Crippen molar-refractivity contribution in [2.75, 3.05) is 34.5 Å². The van der Waals surface area contributed by atoms with Crippen LogP contribution in [0.2, 0.25) is 0 Å². The summed E-state index contributed by atoms with van der Waals surface area (Å²) >= 11 is 1.99. The SMILES string of the molecule is O=C(O)CSCCCC[S+]([O-])CCCCSCC(=O)O. The molecule has 0 saturated carbocycles. The molecule has 20 heavy (non-hydrogen) atoms. The number of hydrogen-bond donors (Lipinski definition) is 2. The molecule has 0 rings (SSSR count). The zero-order valence-corrected chi connectivity index (χ0v) is 13.9. The van der Waals surface area contributed by atoms with Crippen molar-refractivity contribution in [3.05, 3.63) is 0 Å². The van der Waals surface area contributed by atoms with Gasteiger partial charge in [-0.25, -0.2) is 0 Å². The summed E-state index contributed by atoms with van der Waals surface area (Å²) in [5, 5.41) is 16.9. The zero-order chi connectivity index (χ0) is 15.2. The molecule has 5 nitrogen and oxygen atoms in total. The van der Waals surface area contributed by atoms with E-state index < -0.39 is 23.1 Å². The molecule has 8 heteroatoms. The minimum atomic E-state index is -0.800. The Labute approximate surface area is 131 Å². The number of aliphatic carboxylic acids is 2. The quantitative estimate of drug-likeness (QED) is 0.368. The Kier molecular flexibility index (Phi) is 13.9. The van der Waals surface area contributed by atoms with Crippen molar-refractivity contribution >= 4 is 46.6 Å². The first-order chi connectivity index (χ1) is 9.52. The lowest BCUT2D eigenvalue weighted by Crippen LogP contribution is -2.12. The minimum absolute atomic E-state index is 0.136. The van der Waals surface area contributed by atoms with Crippen LogP contribution in [-0.4, -0.2) is 61.2 Å². The Bertz CT molecular complexity index is 250.